The smallest absolute Gasteiger partial charge is 0.0140 e. The van der Waals surface area contributed by atoms with Crippen LogP contribution < -0.4 is 10.9 Å². The van der Waals surface area contributed by atoms with Crippen molar-refractivity contribution < 1.29 is 11.0 Å². The highest BCUT2D eigenvalue weighted by Crippen LogP contribution is 2.56. The number of benzene rings is 1. The second-order valence-electron chi connectivity index (χ2n) is 7.64. The summed E-state index contributed by atoms with van der Waals surface area (Å²) >= 11 is 0. The average Bonchev–Trinajstić information content (AvgIpc) is 2.50. The van der Waals surface area contributed by atoms with Crippen molar-refractivity contribution in [1.82, 2.24) is 10.9 Å². The molecule has 4 aliphatic rings. The number of hydrogen-bond acceptors (Lipinski definition) is 2. The van der Waals surface area contributed by atoms with Crippen molar-refractivity contribution in [1.29, 1.82) is 0 Å². The lowest BCUT2D eigenvalue weighted by molar-refractivity contribution is -0.0365. The van der Waals surface area contributed by atoms with Crippen LogP contribution in [0.4, 0.5) is 0 Å². The first-order chi connectivity index (χ1) is 10.4. The number of nitrogens with one attached hydrogen (secondary N) is 2. The van der Waals surface area contributed by atoms with E-state index in [9.17, 15) is 0 Å². The van der Waals surface area contributed by atoms with Crippen LogP contribution in [-0.4, -0.2) is 24.0 Å². The summed E-state index contributed by atoms with van der Waals surface area (Å²) in [6, 6.07) is 10.7. The highest BCUT2D eigenvalue weighted by molar-refractivity contribution is 5.14. The zero-order valence-electron chi connectivity index (χ0n) is 13.9. The Morgan fingerprint density at radius 1 is 0.783 bits per heavy atom. The van der Waals surface area contributed by atoms with Gasteiger partial charge in [-0.15, -0.1) is 0 Å². The Morgan fingerprint density at radius 2 is 1.39 bits per heavy atom. The average molecular weight is 320 g/mol. The van der Waals surface area contributed by atoms with E-state index in [4.69, 9.17) is 0 Å². The largest absolute Gasteiger partial charge is 0.412 e. The molecule has 5 rings (SSSR count). The van der Waals surface area contributed by atoms with Gasteiger partial charge in [-0.2, -0.15) is 0 Å². The van der Waals surface area contributed by atoms with Crippen LogP contribution in [0.1, 0.15) is 37.7 Å². The topological polar surface area (TPSA) is 87.1 Å². The Bertz CT molecular complexity index is 438. The summed E-state index contributed by atoms with van der Waals surface area (Å²) in [6.45, 7) is 2.21. The summed E-state index contributed by atoms with van der Waals surface area (Å²) < 4.78 is 0. The van der Waals surface area contributed by atoms with E-state index < -0.39 is 0 Å². The third-order valence-electron chi connectivity index (χ3n) is 6.27. The Kier molecular flexibility index (Phi) is 6.60. The van der Waals surface area contributed by atoms with Crippen LogP contribution in [0.25, 0.3) is 0 Å². The highest BCUT2D eigenvalue weighted by atomic mass is 16.0. The molecule has 0 radical (unpaired) electrons. The second-order valence-corrected chi connectivity index (χ2v) is 7.64. The van der Waals surface area contributed by atoms with Gasteiger partial charge in [0, 0.05) is 13.1 Å². The predicted octanol–water partition coefficient (Wildman–Crippen LogP) is 1.75. The lowest BCUT2D eigenvalue weighted by Crippen LogP contribution is -2.50. The molecule has 4 nitrogen and oxygen atoms in total. The Balaban J connectivity index is 0.000000960. The van der Waals surface area contributed by atoms with E-state index in [1.807, 2.05) is 0 Å². The van der Waals surface area contributed by atoms with Crippen molar-refractivity contribution in [3.05, 3.63) is 35.9 Å². The first-order valence-electron chi connectivity index (χ1n) is 8.88. The molecule has 0 atom stereocenters. The van der Waals surface area contributed by atoms with Crippen LogP contribution in [0.15, 0.2) is 30.3 Å². The number of rotatable bonds is 6. The van der Waals surface area contributed by atoms with E-state index in [0.717, 1.165) is 42.6 Å². The summed E-state index contributed by atoms with van der Waals surface area (Å²) in [6.07, 6.45) is 8.79. The van der Waals surface area contributed by atoms with Gasteiger partial charge in [-0.3, -0.25) is 10.9 Å². The van der Waals surface area contributed by atoms with E-state index in [1.54, 1.807) is 6.42 Å². The number of hydrazine groups is 1. The minimum atomic E-state index is 0. The van der Waals surface area contributed by atoms with Crippen LogP contribution in [-0.2, 0) is 6.42 Å². The van der Waals surface area contributed by atoms with Gasteiger partial charge in [0.2, 0.25) is 0 Å². The quantitative estimate of drug-likeness (QED) is 0.618. The van der Waals surface area contributed by atoms with Crippen molar-refractivity contribution in [3.63, 3.8) is 0 Å². The van der Waals surface area contributed by atoms with Crippen LogP contribution >= 0.6 is 0 Å². The molecular weight excluding hydrogens is 288 g/mol. The summed E-state index contributed by atoms with van der Waals surface area (Å²) in [5, 5.41) is 0. The van der Waals surface area contributed by atoms with Crippen molar-refractivity contribution in [2.75, 3.05) is 13.1 Å². The fourth-order valence-electron chi connectivity index (χ4n) is 5.50. The van der Waals surface area contributed by atoms with Gasteiger partial charge >= 0.3 is 0 Å². The zero-order chi connectivity index (χ0) is 14.1. The Morgan fingerprint density at radius 3 is 2.00 bits per heavy atom. The molecular formula is C19H32N2O2. The first kappa shape index (κ1) is 18.4. The second kappa shape index (κ2) is 8.25. The lowest BCUT2D eigenvalue weighted by Gasteiger charge is -2.54. The van der Waals surface area contributed by atoms with Crippen LogP contribution in [0.2, 0.25) is 0 Å². The van der Waals surface area contributed by atoms with Crippen molar-refractivity contribution in [2.24, 2.45) is 29.6 Å². The van der Waals surface area contributed by atoms with E-state index >= 15 is 0 Å². The molecule has 1 aromatic carbocycles. The molecule has 1 aromatic rings. The third kappa shape index (κ3) is 4.13. The van der Waals surface area contributed by atoms with Gasteiger partial charge in [-0.1, -0.05) is 30.3 Å². The Labute approximate surface area is 139 Å². The molecule has 23 heavy (non-hydrogen) atoms. The predicted molar refractivity (Wildman–Crippen MR) is 93.9 cm³/mol. The van der Waals surface area contributed by atoms with Crippen LogP contribution in [0.3, 0.4) is 0 Å². The zero-order valence-corrected chi connectivity index (χ0v) is 13.9. The van der Waals surface area contributed by atoms with E-state index in [0.29, 0.717) is 0 Å². The summed E-state index contributed by atoms with van der Waals surface area (Å²) in [5.41, 5.74) is 8.39. The van der Waals surface area contributed by atoms with Gasteiger partial charge < -0.3 is 11.0 Å². The molecule has 0 spiro atoms. The molecule has 130 valence electrons. The molecule has 0 aliphatic heterocycles. The normalized spacial score (nSPS) is 33.8. The molecule has 4 bridgehead atoms. The number of hydrogen-bond donors (Lipinski definition) is 2. The SMILES string of the molecule is O.O.c1ccc(CCNNCC2C3CC4CC(C3)CC2C4)cc1. The Hall–Kier alpha value is -0.940. The van der Waals surface area contributed by atoms with E-state index in [-0.39, 0.29) is 11.0 Å². The summed E-state index contributed by atoms with van der Waals surface area (Å²) in [5.74, 6) is 5.20. The van der Waals surface area contributed by atoms with Crippen molar-refractivity contribution in [3.8, 4) is 0 Å². The molecule has 0 unspecified atom stereocenters. The van der Waals surface area contributed by atoms with Gasteiger partial charge in [-0.05, 0) is 73.7 Å². The highest BCUT2D eigenvalue weighted by Gasteiger charge is 2.47. The first-order valence-corrected chi connectivity index (χ1v) is 8.88. The van der Waals surface area contributed by atoms with Crippen LogP contribution in [0.5, 0.6) is 0 Å². The van der Waals surface area contributed by atoms with Crippen LogP contribution in [0, 0.1) is 29.6 Å². The minimum Gasteiger partial charge on any atom is -0.412 e. The van der Waals surface area contributed by atoms with Gasteiger partial charge in [-0.25, -0.2) is 0 Å². The van der Waals surface area contributed by atoms with Gasteiger partial charge in [0.05, 0.1) is 0 Å². The molecule has 0 heterocycles. The maximum atomic E-state index is 3.53. The van der Waals surface area contributed by atoms with Crippen molar-refractivity contribution in [2.45, 2.75) is 38.5 Å². The minimum absolute atomic E-state index is 0. The fraction of sp³-hybridized carbons (Fsp3) is 0.684. The summed E-state index contributed by atoms with van der Waals surface area (Å²) in [7, 11) is 0. The maximum absolute atomic E-state index is 3.53. The standard InChI is InChI=1S/C19H28N2.2H2O/c1-2-4-14(5-3-1)6-7-20-21-13-19-17-9-15-8-16(11-17)12-18(19)10-15;;/h1-5,15-21H,6-13H2;2*1H2. The molecule has 4 saturated carbocycles. The fourth-order valence-corrected chi connectivity index (χ4v) is 5.50. The van der Waals surface area contributed by atoms with E-state index in [1.165, 1.54) is 37.8 Å². The molecule has 4 fully saturated rings. The van der Waals surface area contributed by atoms with Crippen molar-refractivity contribution >= 4 is 0 Å². The molecule has 6 N–H and O–H groups in total. The monoisotopic (exact) mass is 320 g/mol. The van der Waals surface area contributed by atoms with E-state index in [2.05, 4.69) is 41.2 Å². The van der Waals surface area contributed by atoms with Gasteiger partial charge in [0.15, 0.2) is 0 Å². The molecule has 0 amide bonds. The molecule has 4 heteroatoms. The molecule has 0 aromatic heterocycles. The summed E-state index contributed by atoms with van der Waals surface area (Å²) in [4.78, 5) is 0. The van der Waals surface area contributed by atoms with Gasteiger partial charge in [0.1, 0.15) is 0 Å². The molecule has 4 aliphatic carbocycles. The third-order valence-corrected chi connectivity index (χ3v) is 6.27. The maximum Gasteiger partial charge on any atom is 0.0140 e. The van der Waals surface area contributed by atoms with Gasteiger partial charge in [0.25, 0.3) is 0 Å². The molecule has 0 saturated heterocycles. The lowest BCUT2D eigenvalue weighted by atomic mass is 9.52.